The lowest BCUT2D eigenvalue weighted by Crippen LogP contribution is -2.19. The maximum atomic E-state index is 3.46. The van der Waals surface area contributed by atoms with Crippen LogP contribution >= 0.6 is 22.6 Å². The molecular weight excluding hydrogens is 299 g/mol. The van der Waals surface area contributed by atoms with E-state index in [4.69, 9.17) is 0 Å². The summed E-state index contributed by atoms with van der Waals surface area (Å²) in [5, 5.41) is 6.61. The van der Waals surface area contributed by atoms with Crippen LogP contribution < -0.4 is 10.6 Å². The van der Waals surface area contributed by atoms with Gasteiger partial charge in [0.15, 0.2) is 0 Å². The van der Waals surface area contributed by atoms with Crippen molar-refractivity contribution >= 4 is 22.6 Å². The molecule has 2 nitrogen and oxygen atoms in total. The minimum atomic E-state index is 0.976. The predicted octanol–water partition coefficient (Wildman–Crippen LogP) is 2.30. The fourth-order valence-electron chi connectivity index (χ4n) is 1.46. The molecule has 0 saturated carbocycles. The Morgan fingerprint density at radius 2 is 2.07 bits per heavy atom. The molecule has 3 heteroatoms. The molecule has 0 atom stereocenters. The van der Waals surface area contributed by atoms with E-state index in [1.807, 2.05) is 7.05 Å². The van der Waals surface area contributed by atoms with Crippen molar-refractivity contribution in [2.24, 2.45) is 0 Å². The fourth-order valence-corrected chi connectivity index (χ4v) is 2.01. The first kappa shape index (κ1) is 12.9. The molecule has 1 rings (SSSR count). The minimum absolute atomic E-state index is 0.976. The molecule has 0 fully saturated rings. The second-order valence-electron chi connectivity index (χ2n) is 3.68. The van der Waals surface area contributed by atoms with Gasteiger partial charge in [-0.3, -0.25) is 0 Å². The Hall–Kier alpha value is -0.130. The first-order valence-electron chi connectivity index (χ1n) is 5.35. The quantitative estimate of drug-likeness (QED) is 0.621. The van der Waals surface area contributed by atoms with Crippen LogP contribution in [0.25, 0.3) is 0 Å². The fraction of sp³-hybridized carbons (Fsp3) is 0.500. The largest absolute Gasteiger partial charge is 0.320 e. The zero-order valence-electron chi connectivity index (χ0n) is 9.44. The molecule has 84 valence electrons. The van der Waals surface area contributed by atoms with Crippen molar-refractivity contribution in [3.63, 3.8) is 0 Å². The van der Waals surface area contributed by atoms with Crippen molar-refractivity contribution in [3.05, 3.63) is 32.9 Å². The molecule has 0 spiro atoms. The highest BCUT2D eigenvalue weighted by molar-refractivity contribution is 14.1. The summed E-state index contributed by atoms with van der Waals surface area (Å²) in [5.41, 5.74) is 2.77. The highest BCUT2D eigenvalue weighted by Gasteiger charge is 2.00. The molecule has 15 heavy (non-hydrogen) atoms. The van der Waals surface area contributed by atoms with Crippen molar-refractivity contribution in [1.82, 2.24) is 10.6 Å². The molecule has 0 aromatic heterocycles. The van der Waals surface area contributed by atoms with Crippen LogP contribution in [0.1, 0.15) is 17.5 Å². The first-order valence-corrected chi connectivity index (χ1v) is 6.43. The maximum absolute atomic E-state index is 3.46. The molecule has 0 aliphatic rings. The average Bonchev–Trinajstić information content (AvgIpc) is 2.24. The van der Waals surface area contributed by atoms with Crippen LogP contribution in [0.2, 0.25) is 0 Å². The van der Waals surface area contributed by atoms with E-state index in [1.165, 1.54) is 21.1 Å². The highest BCUT2D eigenvalue weighted by atomic mass is 127. The van der Waals surface area contributed by atoms with E-state index >= 15 is 0 Å². The van der Waals surface area contributed by atoms with Gasteiger partial charge in [-0.05, 0) is 67.2 Å². The molecule has 1 aromatic carbocycles. The summed E-state index contributed by atoms with van der Waals surface area (Å²) in [6.45, 7) is 5.29. The molecule has 1 aromatic rings. The summed E-state index contributed by atoms with van der Waals surface area (Å²) >= 11 is 2.42. The molecule has 0 bridgehead atoms. The SMILES string of the molecule is CNCCCNCc1cccc(C)c1I. The number of hydrogen-bond donors (Lipinski definition) is 2. The molecule has 0 radical (unpaired) electrons. The zero-order valence-corrected chi connectivity index (χ0v) is 11.6. The van der Waals surface area contributed by atoms with E-state index in [1.54, 1.807) is 0 Å². The third-order valence-electron chi connectivity index (χ3n) is 2.37. The second kappa shape index (κ2) is 7.19. The lowest BCUT2D eigenvalue weighted by Gasteiger charge is -2.08. The maximum Gasteiger partial charge on any atom is 0.0216 e. The standard InChI is InChI=1S/C12H19IN2/c1-10-5-3-6-11(12(10)13)9-15-8-4-7-14-2/h3,5-6,14-15H,4,7-9H2,1-2H3. The lowest BCUT2D eigenvalue weighted by molar-refractivity contribution is 0.624. The van der Waals surface area contributed by atoms with Crippen LogP contribution in [0, 0.1) is 10.5 Å². The highest BCUT2D eigenvalue weighted by Crippen LogP contribution is 2.16. The van der Waals surface area contributed by atoms with E-state index in [0.29, 0.717) is 0 Å². The average molecular weight is 318 g/mol. The monoisotopic (exact) mass is 318 g/mol. The Morgan fingerprint density at radius 1 is 1.27 bits per heavy atom. The third-order valence-corrected chi connectivity index (χ3v) is 3.91. The Labute approximate surface area is 106 Å². The number of halogens is 1. The summed E-state index contributed by atoms with van der Waals surface area (Å²) < 4.78 is 1.39. The topological polar surface area (TPSA) is 24.1 Å². The Balaban J connectivity index is 2.34. The molecule has 0 aliphatic carbocycles. The van der Waals surface area contributed by atoms with E-state index in [-0.39, 0.29) is 0 Å². The first-order chi connectivity index (χ1) is 7.25. The Morgan fingerprint density at radius 3 is 2.80 bits per heavy atom. The van der Waals surface area contributed by atoms with Crippen LogP contribution in [0.5, 0.6) is 0 Å². The van der Waals surface area contributed by atoms with Gasteiger partial charge in [-0.15, -0.1) is 0 Å². The van der Waals surface area contributed by atoms with Crippen LogP contribution in [0.15, 0.2) is 18.2 Å². The predicted molar refractivity (Wildman–Crippen MR) is 74.1 cm³/mol. The van der Waals surface area contributed by atoms with Crippen LogP contribution in [0.4, 0.5) is 0 Å². The number of rotatable bonds is 6. The minimum Gasteiger partial charge on any atom is -0.320 e. The number of hydrogen-bond acceptors (Lipinski definition) is 2. The number of aryl methyl sites for hydroxylation is 1. The van der Waals surface area contributed by atoms with Gasteiger partial charge >= 0.3 is 0 Å². The smallest absolute Gasteiger partial charge is 0.0216 e. The van der Waals surface area contributed by atoms with Crippen LogP contribution in [-0.2, 0) is 6.54 Å². The number of benzene rings is 1. The van der Waals surface area contributed by atoms with Gasteiger partial charge in [0.2, 0.25) is 0 Å². The van der Waals surface area contributed by atoms with Gasteiger partial charge in [-0.1, -0.05) is 18.2 Å². The van der Waals surface area contributed by atoms with Gasteiger partial charge < -0.3 is 10.6 Å². The van der Waals surface area contributed by atoms with Crippen molar-refractivity contribution in [2.75, 3.05) is 20.1 Å². The van der Waals surface area contributed by atoms with E-state index in [9.17, 15) is 0 Å². The van der Waals surface area contributed by atoms with Crippen molar-refractivity contribution in [2.45, 2.75) is 19.9 Å². The van der Waals surface area contributed by atoms with Gasteiger partial charge in [-0.25, -0.2) is 0 Å². The van der Waals surface area contributed by atoms with Gasteiger partial charge in [0.25, 0.3) is 0 Å². The third kappa shape index (κ3) is 4.49. The Kier molecular flexibility index (Phi) is 6.20. The zero-order chi connectivity index (χ0) is 11.1. The van der Waals surface area contributed by atoms with Gasteiger partial charge in [0.05, 0.1) is 0 Å². The van der Waals surface area contributed by atoms with Crippen LogP contribution in [-0.4, -0.2) is 20.1 Å². The molecule has 2 N–H and O–H groups in total. The van der Waals surface area contributed by atoms with Crippen molar-refractivity contribution < 1.29 is 0 Å². The second-order valence-corrected chi connectivity index (χ2v) is 4.76. The molecule has 0 unspecified atom stereocenters. The van der Waals surface area contributed by atoms with E-state index < -0.39 is 0 Å². The molecule has 0 heterocycles. The Bertz CT molecular complexity index is 300. The van der Waals surface area contributed by atoms with Crippen molar-refractivity contribution in [1.29, 1.82) is 0 Å². The van der Waals surface area contributed by atoms with Gasteiger partial charge in [0.1, 0.15) is 0 Å². The van der Waals surface area contributed by atoms with E-state index in [0.717, 1.165) is 19.6 Å². The summed E-state index contributed by atoms with van der Waals surface area (Å²) in [6.07, 6.45) is 1.18. The summed E-state index contributed by atoms with van der Waals surface area (Å²) in [4.78, 5) is 0. The normalized spacial score (nSPS) is 10.6. The van der Waals surface area contributed by atoms with Gasteiger partial charge in [0, 0.05) is 10.1 Å². The van der Waals surface area contributed by atoms with Crippen molar-refractivity contribution in [3.8, 4) is 0 Å². The molecule has 0 aliphatic heterocycles. The number of nitrogens with one attached hydrogen (secondary N) is 2. The van der Waals surface area contributed by atoms with Gasteiger partial charge in [-0.2, -0.15) is 0 Å². The lowest BCUT2D eigenvalue weighted by atomic mass is 10.1. The molecule has 0 amide bonds. The summed E-state index contributed by atoms with van der Waals surface area (Å²) in [5.74, 6) is 0. The van der Waals surface area contributed by atoms with Crippen LogP contribution in [0.3, 0.4) is 0 Å². The molecular formula is C12H19IN2. The summed E-state index contributed by atoms with van der Waals surface area (Å²) in [6, 6.07) is 6.48. The summed E-state index contributed by atoms with van der Waals surface area (Å²) in [7, 11) is 1.99. The molecule has 0 saturated heterocycles. The van der Waals surface area contributed by atoms with E-state index in [2.05, 4.69) is 58.3 Å².